The van der Waals surface area contributed by atoms with Crippen LogP contribution in [0.4, 0.5) is 0 Å². The lowest BCUT2D eigenvalue weighted by atomic mass is 9.83. The number of amides is 2. The first-order chi connectivity index (χ1) is 14.6. The Bertz CT molecular complexity index is 703. The molecule has 0 fully saturated rings. The second-order valence-electron chi connectivity index (χ2n) is 8.63. The van der Waals surface area contributed by atoms with Gasteiger partial charge in [0.15, 0.2) is 0 Å². The molecule has 0 spiro atoms. The first-order valence-corrected chi connectivity index (χ1v) is 10.8. The fourth-order valence-electron chi connectivity index (χ4n) is 4.19. The number of nitriles is 1. The molecule has 0 radical (unpaired) electrons. The lowest BCUT2D eigenvalue weighted by molar-refractivity contribution is -0.143. The molecule has 0 saturated heterocycles. The number of hydrogen-bond acceptors (Lipinski definition) is 7. The van der Waals surface area contributed by atoms with Gasteiger partial charge in [0.2, 0.25) is 12.3 Å². The van der Waals surface area contributed by atoms with E-state index in [0.717, 1.165) is 6.42 Å². The van der Waals surface area contributed by atoms with Crippen LogP contribution in [-0.4, -0.2) is 47.4 Å². The van der Waals surface area contributed by atoms with Crippen molar-refractivity contribution in [2.24, 2.45) is 45.9 Å². The van der Waals surface area contributed by atoms with Crippen LogP contribution in [0.25, 0.3) is 0 Å². The van der Waals surface area contributed by atoms with Gasteiger partial charge in [0, 0.05) is 29.8 Å². The zero-order chi connectivity index (χ0) is 23.6. The summed E-state index contributed by atoms with van der Waals surface area (Å²) in [6.07, 6.45) is 3.25. The Morgan fingerprint density at radius 2 is 1.91 bits per heavy atom. The predicted octanol–water partition coefficient (Wildman–Crippen LogP) is 1.34. The van der Waals surface area contributed by atoms with Crippen LogP contribution in [0.1, 0.15) is 58.8 Å². The lowest BCUT2D eigenvalue weighted by Gasteiger charge is -2.25. The van der Waals surface area contributed by atoms with Gasteiger partial charge in [-0.1, -0.05) is 13.8 Å². The monoisotopic (exact) mass is 508 g/mol. The van der Waals surface area contributed by atoms with Crippen molar-refractivity contribution in [3.8, 4) is 6.07 Å². The normalized spacial score (nSPS) is 21.6. The summed E-state index contributed by atoms with van der Waals surface area (Å²) < 4.78 is 0. The summed E-state index contributed by atoms with van der Waals surface area (Å²) in [5.41, 5.74) is 17.6. The number of carboxylic acids is 1. The molecule has 7 unspecified atom stereocenters. The SMILES string of the molecule is CCC(CC(CC(CC(N)CC(C#N)CC1CC(C)C(N)=N1)C(N)=O)C(=O)O)NC=O.Cl.Cl. The van der Waals surface area contributed by atoms with Gasteiger partial charge >= 0.3 is 5.97 Å². The number of carbonyl (C=O) groups excluding carboxylic acids is 2. The van der Waals surface area contributed by atoms with Gasteiger partial charge in [-0.05, 0) is 44.9 Å². The Morgan fingerprint density at radius 3 is 2.33 bits per heavy atom. The van der Waals surface area contributed by atoms with Crippen molar-refractivity contribution < 1.29 is 19.5 Å². The van der Waals surface area contributed by atoms with E-state index < -0.39 is 29.8 Å². The van der Waals surface area contributed by atoms with Gasteiger partial charge in [-0.15, -0.1) is 24.8 Å². The van der Waals surface area contributed by atoms with E-state index in [4.69, 9.17) is 17.2 Å². The van der Waals surface area contributed by atoms with Crippen LogP contribution in [0.5, 0.6) is 0 Å². The van der Waals surface area contributed by atoms with E-state index in [1.165, 1.54) is 0 Å². The van der Waals surface area contributed by atoms with Crippen molar-refractivity contribution in [2.45, 2.75) is 76.9 Å². The Morgan fingerprint density at radius 1 is 1.27 bits per heavy atom. The molecule has 33 heavy (non-hydrogen) atoms. The number of hydrogen-bond donors (Lipinski definition) is 5. The third-order valence-electron chi connectivity index (χ3n) is 6.06. The average molecular weight is 509 g/mol. The molecular formula is C21H38Cl2N6O4. The minimum Gasteiger partial charge on any atom is -0.481 e. The molecule has 8 N–H and O–H groups in total. The van der Waals surface area contributed by atoms with Crippen molar-refractivity contribution in [3.63, 3.8) is 0 Å². The van der Waals surface area contributed by atoms with E-state index in [1.54, 1.807) is 0 Å². The number of carbonyl (C=O) groups is 3. The van der Waals surface area contributed by atoms with E-state index in [9.17, 15) is 24.8 Å². The lowest BCUT2D eigenvalue weighted by Crippen LogP contribution is -2.37. The molecule has 1 heterocycles. The standard InChI is InChI=1S/C21H36N6O4.2ClH/c1-3-17(26-11-28)9-15(21(30)31)7-14(20(25)29)8-16(23)5-13(10-22)6-18-4-12(2)19(24)27-18;;/h11-18H,3-9,23H2,1-2H3,(H2,24,27)(H2,25,29)(H,26,28)(H,30,31);2*1H. The van der Waals surface area contributed by atoms with Crippen LogP contribution in [-0.2, 0) is 14.4 Å². The topological polar surface area (TPSA) is 198 Å². The second-order valence-corrected chi connectivity index (χ2v) is 8.63. The number of rotatable bonds is 15. The molecule has 0 aromatic rings. The van der Waals surface area contributed by atoms with Gasteiger partial charge in [-0.25, -0.2) is 0 Å². The molecule has 0 saturated carbocycles. The number of halogens is 2. The second kappa shape index (κ2) is 16.5. The van der Waals surface area contributed by atoms with E-state index in [1.807, 2.05) is 13.8 Å². The van der Waals surface area contributed by atoms with Crippen molar-refractivity contribution in [1.29, 1.82) is 5.26 Å². The molecular weight excluding hydrogens is 471 g/mol. The quantitative estimate of drug-likeness (QED) is 0.205. The third kappa shape index (κ3) is 11.6. The van der Waals surface area contributed by atoms with Crippen molar-refractivity contribution in [2.75, 3.05) is 0 Å². The molecule has 0 bridgehead atoms. The number of nitrogens with one attached hydrogen (secondary N) is 1. The van der Waals surface area contributed by atoms with Crippen LogP contribution in [0.3, 0.4) is 0 Å². The molecule has 12 heteroatoms. The molecule has 10 nitrogen and oxygen atoms in total. The van der Waals surface area contributed by atoms with Crippen LogP contribution < -0.4 is 22.5 Å². The number of aliphatic imine (C=N–C) groups is 1. The Kier molecular flexibility index (Phi) is 16.6. The van der Waals surface area contributed by atoms with Gasteiger partial charge < -0.3 is 27.6 Å². The zero-order valence-corrected chi connectivity index (χ0v) is 20.8. The highest BCUT2D eigenvalue weighted by Gasteiger charge is 2.31. The van der Waals surface area contributed by atoms with Crippen molar-refractivity contribution >= 4 is 48.9 Å². The molecule has 2 amide bonds. The van der Waals surface area contributed by atoms with Gasteiger partial charge in [-0.2, -0.15) is 5.26 Å². The zero-order valence-electron chi connectivity index (χ0n) is 19.2. The summed E-state index contributed by atoms with van der Waals surface area (Å²) in [4.78, 5) is 38.8. The Labute approximate surface area is 207 Å². The molecule has 1 aliphatic rings. The van der Waals surface area contributed by atoms with Crippen LogP contribution >= 0.6 is 24.8 Å². The number of aliphatic carboxylic acids is 1. The smallest absolute Gasteiger partial charge is 0.306 e. The molecule has 7 atom stereocenters. The highest BCUT2D eigenvalue weighted by molar-refractivity contribution is 5.85. The fourth-order valence-corrected chi connectivity index (χ4v) is 4.19. The molecule has 0 aromatic carbocycles. The van der Waals surface area contributed by atoms with Crippen LogP contribution in [0, 0.1) is 35.0 Å². The average Bonchev–Trinajstić information content (AvgIpc) is 3.02. The maximum Gasteiger partial charge on any atom is 0.306 e. The highest BCUT2D eigenvalue weighted by Crippen LogP contribution is 2.27. The summed E-state index contributed by atoms with van der Waals surface area (Å²) in [6, 6.07) is 1.47. The van der Waals surface area contributed by atoms with Gasteiger partial charge in [0.05, 0.1) is 23.9 Å². The number of nitrogens with zero attached hydrogens (tertiary/aromatic N) is 2. The number of primary amides is 1. The summed E-state index contributed by atoms with van der Waals surface area (Å²) in [7, 11) is 0. The maximum absolute atomic E-state index is 12.0. The van der Waals surface area contributed by atoms with Crippen molar-refractivity contribution in [3.05, 3.63) is 0 Å². The maximum atomic E-state index is 12.0. The summed E-state index contributed by atoms with van der Waals surface area (Å²) in [5.74, 6) is -2.78. The summed E-state index contributed by atoms with van der Waals surface area (Å²) in [5, 5.41) is 21.7. The van der Waals surface area contributed by atoms with E-state index in [-0.39, 0.29) is 68.0 Å². The molecule has 0 aromatic heterocycles. The van der Waals surface area contributed by atoms with Gasteiger partial charge in [0.25, 0.3) is 0 Å². The molecule has 1 rings (SSSR count). The van der Waals surface area contributed by atoms with Crippen LogP contribution in [0.2, 0.25) is 0 Å². The minimum atomic E-state index is -1.05. The molecule has 0 aliphatic carbocycles. The van der Waals surface area contributed by atoms with Crippen molar-refractivity contribution in [1.82, 2.24) is 5.32 Å². The Hall–Kier alpha value is -2.09. The van der Waals surface area contributed by atoms with Gasteiger partial charge in [-0.3, -0.25) is 19.4 Å². The highest BCUT2D eigenvalue weighted by atomic mass is 35.5. The number of amidine groups is 1. The first kappa shape index (κ1) is 33.1. The van der Waals surface area contributed by atoms with Crippen LogP contribution in [0.15, 0.2) is 4.99 Å². The van der Waals surface area contributed by atoms with E-state index in [2.05, 4.69) is 16.4 Å². The number of nitrogens with two attached hydrogens (primary N) is 3. The van der Waals surface area contributed by atoms with E-state index >= 15 is 0 Å². The van der Waals surface area contributed by atoms with E-state index in [0.29, 0.717) is 31.5 Å². The summed E-state index contributed by atoms with van der Waals surface area (Å²) in [6.45, 7) is 3.84. The third-order valence-corrected chi connectivity index (χ3v) is 6.06. The Balaban J connectivity index is 0. The largest absolute Gasteiger partial charge is 0.481 e. The minimum absolute atomic E-state index is 0. The summed E-state index contributed by atoms with van der Waals surface area (Å²) >= 11 is 0. The predicted molar refractivity (Wildman–Crippen MR) is 131 cm³/mol. The molecule has 190 valence electrons. The number of carboxylic acid groups (broad SMARTS) is 1. The molecule has 1 aliphatic heterocycles. The first-order valence-electron chi connectivity index (χ1n) is 10.8. The van der Waals surface area contributed by atoms with Gasteiger partial charge in [0.1, 0.15) is 0 Å². The fraction of sp³-hybridized carbons (Fsp3) is 0.762.